The van der Waals surface area contributed by atoms with Gasteiger partial charge in [-0.15, -0.1) is 0 Å². The molecule has 1 aliphatic rings. The van der Waals surface area contributed by atoms with E-state index in [4.69, 9.17) is 0 Å². The fourth-order valence-corrected chi connectivity index (χ4v) is 2.89. The van der Waals surface area contributed by atoms with Crippen LogP contribution in [-0.2, 0) is 11.3 Å². The molecule has 2 rings (SSSR count). The van der Waals surface area contributed by atoms with Gasteiger partial charge in [0.2, 0.25) is 0 Å². The number of hydrogen-bond donors (Lipinski definition) is 1. The minimum absolute atomic E-state index is 0.00936. The Labute approximate surface area is 145 Å². The van der Waals surface area contributed by atoms with Crippen LogP contribution in [0.5, 0.6) is 0 Å². The lowest BCUT2D eigenvalue weighted by Gasteiger charge is -2.26. The number of carboxylic acid groups (broad SMARTS) is 1. The maximum atomic E-state index is 11.7. The summed E-state index contributed by atoms with van der Waals surface area (Å²) in [6, 6.07) is 5.42. The summed E-state index contributed by atoms with van der Waals surface area (Å²) in [6.45, 7) is 10.5. The van der Waals surface area contributed by atoms with Crippen LogP contribution in [0, 0.1) is 5.41 Å². The summed E-state index contributed by atoms with van der Waals surface area (Å²) in [5, 5.41) is 9.60. The lowest BCUT2D eigenvalue weighted by Crippen LogP contribution is -2.42. The van der Waals surface area contributed by atoms with Crippen molar-refractivity contribution in [3.05, 3.63) is 42.2 Å². The number of aliphatic carboxylic acids is 1. The van der Waals surface area contributed by atoms with Gasteiger partial charge in [-0.3, -0.25) is 19.6 Å². The monoisotopic (exact) mass is 331 g/mol. The zero-order valence-corrected chi connectivity index (χ0v) is 15.0. The van der Waals surface area contributed by atoms with E-state index in [0.717, 1.165) is 44.8 Å². The molecule has 0 radical (unpaired) electrons. The zero-order chi connectivity index (χ0) is 17.6. The van der Waals surface area contributed by atoms with Crippen LogP contribution < -0.4 is 0 Å². The van der Waals surface area contributed by atoms with Crippen molar-refractivity contribution in [2.24, 2.45) is 5.41 Å². The Bertz CT molecular complexity index is 551. The molecule has 1 N–H and O–H groups in total. The Morgan fingerprint density at radius 3 is 2.71 bits per heavy atom. The van der Waals surface area contributed by atoms with Gasteiger partial charge in [-0.25, -0.2) is 0 Å². The largest absolute Gasteiger partial charge is 0.480 e. The molecule has 5 heteroatoms. The van der Waals surface area contributed by atoms with Crippen LogP contribution in [0.4, 0.5) is 0 Å². The smallest absolute Gasteiger partial charge is 0.324 e. The van der Waals surface area contributed by atoms with Crippen LogP contribution in [0.2, 0.25) is 0 Å². The van der Waals surface area contributed by atoms with E-state index in [9.17, 15) is 9.90 Å². The highest BCUT2D eigenvalue weighted by atomic mass is 16.4. The van der Waals surface area contributed by atoms with Gasteiger partial charge in [0.15, 0.2) is 0 Å². The van der Waals surface area contributed by atoms with Crippen molar-refractivity contribution in [1.29, 1.82) is 0 Å². The molecule has 2 heterocycles. The second-order valence-electron chi connectivity index (χ2n) is 7.49. The Morgan fingerprint density at radius 1 is 1.29 bits per heavy atom. The zero-order valence-electron chi connectivity index (χ0n) is 15.0. The number of pyridine rings is 1. The van der Waals surface area contributed by atoms with Crippen molar-refractivity contribution in [3.8, 4) is 0 Å². The van der Waals surface area contributed by atoms with Gasteiger partial charge in [-0.05, 0) is 30.5 Å². The maximum absolute atomic E-state index is 11.7. The molecule has 0 aliphatic carbocycles. The van der Waals surface area contributed by atoms with Crippen LogP contribution in [0.1, 0.15) is 32.9 Å². The van der Waals surface area contributed by atoms with Gasteiger partial charge in [0.25, 0.3) is 0 Å². The van der Waals surface area contributed by atoms with Crippen molar-refractivity contribution in [1.82, 2.24) is 14.8 Å². The molecule has 1 atom stereocenters. The van der Waals surface area contributed by atoms with Crippen LogP contribution in [0.25, 0.3) is 0 Å². The number of hydrogen-bond acceptors (Lipinski definition) is 4. The maximum Gasteiger partial charge on any atom is 0.324 e. The lowest BCUT2D eigenvalue weighted by atomic mass is 9.95. The third-order valence-electron chi connectivity index (χ3n) is 4.16. The molecule has 0 aromatic carbocycles. The predicted octanol–water partition coefficient (Wildman–Crippen LogP) is 2.64. The fourth-order valence-electron chi connectivity index (χ4n) is 2.89. The molecular formula is C19H29N3O2. The molecule has 0 unspecified atom stereocenters. The number of nitrogens with zero attached hydrogens (tertiary/aromatic N) is 3. The highest BCUT2D eigenvalue weighted by molar-refractivity contribution is 5.75. The SMILES string of the molecule is CC(C)(C)/C=C/[C@H](C(=O)O)N1CCCN(Cc2ccccn2)CC1. The predicted molar refractivity (Wildman–Crippen MR) is 95.7 cm³/mol. The van der Waals surface area contributed by atoms with Crippen molar-refractivity contribution < 1.29 is 9.90 Å². The summed E-state index contributed by atoms with van der Waals surface area (Å²) in [5.41, 5.74) is 1.05. The van der Waals surface area contributed by atoms with Crippen molar-refractivity contribution in [3.63, 3.8) is 0 Å². The second-order valence-corrected chi connectivity index (χ2v) is 7.49. The average Bonchev–Trinajstić information content (AvgIpc) is 2.73. The molecule has 1 aromatic heterocycles. The normalized spacial score (nSPS) is 19.3. The highest BCUT2D eigenvalue weighted by Crippen LogP contribution is 2.17. The first-order valence-corrected chi connectivity index (χ1v) is 8.64. The topological polar surface area (TPSA) is 56.7 Å². The molecular weight excluding hydrogens is 302 g/mol. The third-order valence-corrected chi connectivity index (χ3v) is 4.16. The van der Waals surface area contributed by atoms with Gasteiger partial charge in [-0.1, -0.05) is 39.0 Å². The number of carboxylic acids is 1. The number of allylic oxidation sites excluding steroid dienone is 1. The first kappa shape index (κ1) is 18.6. The Hall–Kier alpha value is -1.72. The van der Waals surface area contributed by atoms with Crippen LogP contribution in [0.15, 0.2) is 36.5 Å². The molecule has 1 aromatic rings. The quantitative estimate of drug-likeness (QED) is 0.841. The van der Waals surface area contributed by atoms with Gasteiger partial charge >= 0.3 is 5.97 Å². The Morgan fingerprint density at radius 2 is 2.08 bits per heavy atom. The fraction of sp³-hybridized carbons (Fsp3) is 0.579. The van der Waals surface area contributed by atoms with Crippen LogP contribution >= 0.6 is 0 Å². The summed E-state index contributed by atoms with van der Waals surface area (Å²) >= 11 is 0. The summed E-state index contributed by atoms with van der Waals surface area (Å²) in [6.07, 6.45) is 6.64. The summed E-state index contributed by atoms with van der Waals surface area (Å²) in [7, 11) is 0. The van der Waals surface area contributed by atoms with E-state index in [2.05, 4.69) is 35.6 Å². The number of carbonyl (C=O) groups is 1. The molecule has 0 saturated carbocycles. The first-order valence-electron chi connectivity index (χ1n) is 8.64. The summed E-state index contributed by atoms with van der Waals surface area (Å²) in [4.78, 5) is 20.5. The third kappa shape index (κ3) is 6.06. The summed E-state index contributed by atoms with van der Waals surface area (Å²) in [5.74, 6) is -0.770. The molecule has 0 bridgehead atoms. The van der Waals surface area contributed by atoms with E-state index in [1.165, 1.54) is 0 Å². The van der Waals surface area contributed by atoms with E-state index in [-0.39, 0.29) is 5.41 Å². The molecule has 1 fully saturated rings. The number of aromatic nitrogens is 1. The summed E-state index contributed by atoms with van der Waals surface area (Å²) < 4.78 is 0. The molecule has 0 spiro atoms. The van der Waals surface area contributed by atoms with Crippen LogP contribution in [-0.4, -0.2) is 58.1 Å². The van der Waals surface area contributed by atoms with Gasteiger partial charge in [-0.2, -0.15) is 0 Å². The van der Waals surface area contributed by atoms with E-state index in [1.54, 1.807) is 0 Å². The Kier molecular flexibility index (Phi) is 6.52. The van der Waals surface area contributed by atoms with Crippen molar-refractivity contribution >= 4 is 5.97 Å². The van der Waals surface area contributed by atoms with Crippen molar-refractivity contribution in [2.45, 2.75) is 39.8 Å². The molecule has 132 valence electrons. The average molecular weight is 331 g/mol. The molecule has 1 aliphatic heterocycles. The van der Waals surface area contributed by atoms with Gasteiger partial charge < -0.3 is 5.11 Å². The number of rotatable bonds is 5. The second kappa shape index (κ2) is 8.40. The van der Waals surface area contributed by atoms with Crippen molar-refractivity contribution in [2.75, 3.05) is 26.2 Å². The van der Waals surface area contributed by atoms with E-state index in [0.29, 0.717) is 0 Å². The standard InChI is InChI=1S/C19H29N3O2/c1-19(2,3)9-8-17(18(23)24)22-12-6-11-21(13-14-22)15-16-7-4-5-10-20-16/h4-5,7-10,17H,6,11-15H2,1-3H3,(H,23,24)/b9-8+/t17-/m1/s1. The van der Waals surface area contributed by atoms with E-state index < -0.39 is 12.0 Å². The first-order chi connectivity index (χ1) is 11.3. The van der Waals surface area contributed by atoms with Gasteiger partial charge in [0.05, 0.1) is 5.69 Å². The van der Waals surface area contributed by atoms with Gasteiger partial charge in [0, 0.05) is 32.4 Å². The minimum atomic E-state index is -0.770. The molecule has 1 saturated heterocycles. The molecule has 0 amide bonds. The van der Waals surface area contributed by atoms with E-state index in [1.807, 2.05) is 36.5 Å². The lowest BCUT2D eigenvalue weighted by molar-refractivity contribution is -0.141. The molecule has 5 nitrogen and oxygen atoms in total. The van der Waals surface area contributed by atoms with Gasteiger partial charge in [0.1, 0.15) is 6.04 Å². The van der Waals surface area contributed by atoms with E-state index >= 15 is 0 Å². The highest BCUT2D eigenvalue weighted by Gasteiger charge is 2.26. The minimum Gasteiger partial charge on any atom is -0.480 e. The Balaban J connectivity index is 1.97. The molecule has 24 heavy (non-hydrogen) atoms. The van der Waals surface area contributed by atoms with Crippen LogP contribution in [0.3, 0.4) is 0 Å².